The summed E-state index contributed by atoms with van der Waals surface area (Å²) in [6.07, 6.45) is -1.80. The quantitative estimate of drug-likeness (QED) is 0.601. The van der Waals surface area contributed by atoms with Gasteiger partial charge in [-0.3, -0.25) is 0 Å². The normalized spacial score (nSPS) is 14.4. The number of hydrogen-bond donors (Lipinski definition) is 2. The topological polar surface area (TPSA) is 77.0 Å². The molecule has 0 rings (SSSR count). The number of aliphatic hydroxyl groups excluding tert-OH is 1. The summed E-state index contributed by atoms with van der Waals surface area (Å²) in [5, 5.41) is 11.5. The number of alkyl halides is 2. The first-order valence-electron chi connectivity index (χ1n) is 7.28. The molecule has 23 heavy (non-hydrogen) atoms. The molecular weight excluding hydrogens is 351 g/mol. The van der Waals surface area contributed by atoms with Gasteiger partial charge in [-0.2, -0.15) is 8.78 Å². The van der Waals surface area contributed by atoms with E-state index in [9.17, 15) is 18.7 Å². The van der Waals surface area contributed by atoms with Gasteiger partial charge in [-0.05, 0) is 46.4 Å². The molecule has 138 valence electrons. The van der Waals surface area contributed by atoms with Crippen LogP contribution >= 0.6 is 6.49 Å². The maximum atomic E-state index is 14.5. The van der Waals surface area contributed by atoms with Crippen LogP contribution in [0.4, 0.5) is 13.6 Å². The molecule has 1 amide bonds. The highest BCUT2D eigenvalue weighted by Gasteiger charge is 2.50. The van der Waals surface area contributed by atoms with Crippen LogP contribution in [0.1, 0.15) is 41.0 Å². The fraction of sp³-hybridized carbons (Fsp3) is 0.923. The first kappa shape index (κ1) is 22.7. The van der Waals surface area contributed by atoms with Crippen molar-refractivity contribution in [3.63, 3.8) is 0 Å². The number of ether oxygens (including phenoxy) is 1. The van der Waals surface area contributed by atoms with E-state index in [1.54, 1.807) is 34.6 Å². The van der Waals surface area contributed by atoms with Crippen molar-refractivity contribution in [2.24, 2.45) is 0 Å². The van der Waals surface area contributed by atoms with E-state index < -0.39 is 42.9 Å². The number of amides is 1. The minimum atomic E-state index is -3.88. The number of halogens is 2. The standard InChI is InChI=1S/C13H26F2NO5PS/c1-6-19-22(23,20-7-2)13(14,15)8-10(9-17)16-11(18)21-12(3,4)5/h10,17H,6-9H2,1-5H3,(H,16,18)/t10-/m1/s1. The van der Waals surface area contributed by atoms with Gasteiger partial charge in [0.2, 0.25) is 0 Å². The Kier molecular flexibility index (Phi) is 9.09. The van der Waals surface area contributed by atoms with Crippen molar-refractivity contribution in [1.82, 2.24) is 5.32 Å². The van der Waals surface area contributed by atoms with Crippen molar-refractivity contribution in [3.8, 4) is 0 Å². The number of alkyl carbamates (subject to hydrolysis) is 1. The maximum absolute atomic E-state index is 14.5. The lowest BCUT2D eigenvalue weighted by Crippen LogP contribution is -2.44. The number of aliphatic hydroxyl groups is 1. The summed E-state index contributed by atoms with van der Waals surface area (Å²) in [6.45, 7) is 3.39. The molecule has 0 spiro atoms. The Bertz CT molecular complexity index is 421. The van der Waals surface area contributed by atoms with E-state index in [2.05, 4.69) is 5.32 Å². The Morgan fingerprint density at radius 2 is 1.74 bits per heavy atom. The van der Waals surface area contributed by atoms with E-state index in [1.165, 1.54) is 0 Å². The zero-order valence-corrected chi connectivity index (χ0v) is 15.8. The molecule has 2 N–H and O–H groups in total. The number of rotatable bonds is 9. The van der Waals surface area contributed by atoms with E-state index in [0.717, 1.165) is 0 Å². The van der Waals surface area contributed by atoms with Gasteiger partial charge < -0.3 is 24.2 Å². The zero-order chi connectivity index (χ0) is 18.3. The third kappa shape index (κ3) is 7.85. The van der Waals surface area contributed by atoms with Crippen LogP contribution < -0.4 is 5.32 Å². The highest BCUT2D eigenvalue weighted by atomic mass is 32.5. The molecule has 0 aliphatic rings. The molecule has 0 fully saturated rings. The van der Waals surface area contributed by atoms with E-state index in [1.807, 2.05) is 0 Å². The fourth-order valence-corrected chi connectivity index (χ4v) is 4.04. The van der Waals surface area contributed by atoms with Crippen LogP contribution in [0.15, 0.2) is 0 Å². The maximum Gasteiger partial charge on any atom is 0.407 e. The number of carbonyl (C=O) groups excluding carboxylic acids is 1. The third-order valence-electron chi connectivity index (χ3n) is 2.43. The second kappa shape index (κ2) is 9.22. The van der Waals surface area contributed by atoms with Crippen molar-refractivity contribution in [3.05, 3.63) is 0 Å². The summed E-state index contributed by atoms with van der Waals surface area (Å²) in [5.41, 5.74) is -4.28. The molecule has 0 radical (unpaired) electrons. The monoisotopic (exact) mass is 377 g/mol. The van der Waals surface area contributed by atoms with Gasteiger partial charge in [-0.15, -0.1) is 0 Å². The Balaban J connectivity index is 5.00. The molecule has 1 atom stereocenters. The van der Waals surface area contributed by atoms with Crippen LogP contribution in [-0.4, -0.2) is 48.3 Å². The fourth-order valence-electron chi connectivity index (χ4n) is 1.61. The molecule has 0 unspecified atom stereocenters. The molecule has 0 aliphatic heterocycles. The summed E-state index contributed by atoms with van der Waals surface area (Å²) in [5.74, 6) is 0. The van der Waals surface area contributed by atoms with Gasteiger partial charge in [-0.25, -0.2) is 4.79 Å². The zero-order valence-electron chi connectivity index (χ0n) is 14.1. The predicted octanol–water partition coefficient (Wildman–Crippen LogP) is 3.24. The first-order chi connectivity index (χ1) is 10.4. The second-order valence-electron chi connectivity index (χ2n) is 5.73. The molecular formula is C13H26F2NO5PS. The van der Waals surface area contributed by atoms with Crippen LogP contribution in [0.3, 0.4) is 0 Å². The molecule has 0 saturated carbocycles. The molecule has 0 aromatic heterocycles. The molecule has 0 saturated heterocycles. The molecule has 10 heteroatoms. The Hall–Kier alpha value is -0.340. The molecule has 6 nitrogen and oxygen atoms in total. The van der Waals surface area contributed by atoms with E-state index in [4.69, 9.17) is 25.6 Å². The van der Waals surface area contributed by atoms with E-state index in [0.29, 0.717) is 0 Å². The van der Waals surface area contributed by atoms with Gasteiger partial charge in [0, 0.05) is 6.42 Å². The van der Waals surface area contributed by atoms with Gasteiger partial charge in [0.15, 0.2) is 0 Å². The lowest BCUT2D eigenvalue weighted by atomic mass is 10.2. The molecule has 0 aliphatic carbocycles. The highest BCUT2D eigenvalue weighted by molar-refractivity contribution is 8.10. The van der Waals surface area contributed by atoms with Crippen LogP contribution in [0.5, 0.6) is 0 Å². The molecule has 0 heterocycles. The first-order valence-corrected chi connectivity index (χ1v) is 9.92. The highest BCUT2D eigenvalue weighted by Crippen LogP contribution is 2.63. The van der Waals surface area contributed by atoms with Crippen molar-refractivity contribution in [2.75, 3.05) is 19.8 Å². The van der Waals surface area contributed by atoms with Gasteiger partial charge in [-0.1, -0.05) is 0 Å². The Morgan fingerprint density at radius 3 is 2.09 bits per heavy atom. The van der Waals surface area contributed by atoms with Gasteiger partial charge >= 0.3 is 11.8 Å². The van der Waals surface area contributed by atoms with E-state index >= 15 is 0 Å². The molecule has 0 bridgehead atoms. The summed E-state index contributed by atoms with van der Waals surface area (Å²) in [7, 11) is 0. The lowest BCUT2D eigenvalue weighted by Gasteiger charge is -2.32. The van der Waals surface area contributed by atoms with Crippen LogP contribution in [0.2, 0.25) is 0 Å². The predicted molar refractivity (Wildman–Crippen MR) is 87.3 cm³/mol. The second-order valence-corrected chi connectivity index (χ2v) is 9.34. The average molecular weight is 377 g/mol. The minimum absolute atomic E-state index is 0.0177. The van der Waals surface area contributed by atoms with Crippen molar-refractivity contribution in [2.45, 2.75) is 58.3 Å². The summed E-state index contributed by atoms with van der Waals surface area (Å²) in [4.78, 5) is 11.6. The lowest BCUT2D eigenvalue weighted by molar-refractivity contribution is 0.0228. The Labute approximate surface area is 141 Å². The summed E-state index contributed by atoms with van der Waals surface area (Å²) in [6, 6.07) is -1.23. The number of hydrogen-bond acceptors (Lipinski definition) is 6. The number of nitrogens with one attached hydrogen (secondary N) is 1. The SMILES string of the molecule is CCOP(=S)(OCC)C(F)(F)C[C@H](CO)NC(=O)OC(C)(C)C. The summed E-state index contributed by atoms with van der Waals surface area (Å²) >= 11 is 4.89. The average Bonchev–Trinajstić information content (AvgIpc) is 2.35. The van der Waals surface area contributed by atoms with Crippen molar-refractivity contribution < 1.29 is 32.5 Å². The van der Waals surface area contributed by atoms with Crippen LogP contribution in [0.25, 0.3) is 0 Å². The molecule has 0 aromatic carbocycles. The van der Waals surface area contributed by atoms with Gasteiger partial charge in [0.05, 0.1) is 25.9 Å². The van der Waals surface area contributed by atoms with Gasteiger partial charge in [0.25, 0.3) is 6.49 Å². The van der Waals surface area contributed by atoms with Gasteiger partial charge in [0.1, 0.15) is 5.60 Å². The van der Waals surface area contributed by atoms with Crippen LogP contribution in [-0.2, 0) is 25.6 Å². The third-order valence-corrected chi connectivity index (χ3v) is 6.05. The smallest absolute Gasteiger partial charge is 0.407 e. The summed E-state index contributed by atoms with van der Waals surface area (Å²) < 4.78 is 43.9. The van der Waals surface area contributed by atoms with Crippen molar-refractivity contribution >= 4 is 24.4 Å². The molecule has 0 aromatic rings. The minimum Gasteiger partial charge on any atom is -0.444 e. The van der Waals surface area contributed by atoms with Crippen LogP contribution in [0, 0.1) is 0 Å². The Morgan fingerprint density at radius 1 is 1.26 bits per heavy atom. The number of carbonyl (C=O) groups is 1. The van der Waals surface area contributed by atoms with Crippen molar-refractivity contribution in [1.29, 1.82) is 0 Å². The van der Waals surface area contributed by atoms with E-state index in [-0.39, 0.29) is 13.2 Å². The largest absolute Gasteiger partial charge is 0.444 e.